The molecule has 6 nitrogen and oxygen atoms in total. The molecule has 1 amide bonds. The lowest BCUT2D eigenvalue weighted by molar-refractivity contribution is -0.123. The Morgan fingerprint density at radius 2 is 1.61 bits per heavy atom. The molecular weight excluding hydrogens is 436 g/mol. The fraction of sp³-hybridized carbons (Fsp3) is 0.174. The lowest BCUT2D eigenvalue weighted by atomic mass is 10.2. The SMILES string of the molecule is CCN(c1ccccc1)S(=O)(=O)c1ccc(OCC(=O)NCc2ccc(Cl)cc2)cc1. The maximum Gasteiger partial charge on any atom is 0.264 e. The van der Waals surface area contributed by atoms with Gasteiger partial charge in [-0.15, -0.1) is 0 Å². The third kappa shape index (κ3) is 5.99. The molecular formula is C23H23ClN2O4S. The van der Waals surface area contributed by atoms with Crippen molar-refractivity contribution in [2.75, 3.05) is 17.5 Å². The average Bonchev–Trinajstić information content (AvgIpc) is 2.78. The topological polar surface area (TPSA) is 75.7 Å². The van der Waals surface area contributed by atoms with Crippen LogP contribution in [-0.2, 0) is 21.4 Å². The van der Waals surface area contributed by atoms with Gasteiger partial charge in [-0.25, -0.2) is 8.42 Å². The standard InChI is InChI=1S/C23H23ClN2O4S/c1-2-26(20-6-4-3-5-7-20)31(28,29)22-14-12-21(13-15-22)30-17-23(27)25-16-18-8-10-19(24)11-9-18/h3-15H,2,16-17H2,1H3,(H,25,27). The van der Waals surface area contributed by atoms with Crippen molar-refractivity contribution in [1.82, 2.24) is 5.32 Å². The number of anilines is 1. The van der Waals surface area contributed by atoms with Gasteiger partial charge in [0.15, 0.2) is 6.61 Å². The number of nitrogens with one attached hydrogen (secondary N) is 1. The van der Waals surface area contributed by atoms with Crippen LogP contribution in [0.25, 0.3) is 0 Å². The van der Waals surface area contributed by atoms with E-state index < -0.39 is 10.0 Å². The minimum absolute atomic E-state index is 0.151. The number of benzene rings is 3. The number of rotatable bonds is 9. The Balaban J connectivity index is 1.58. The first-order valence-corrected chi connectivity index (χ1v) is 11.5. The molecule has 0 saturated heterocycles. The van der Waals surface area contributed by atoms with Gasteiger partial charge in [-0.3, -0.25) is 9.10 Å². The predicted octanol–water partition coefficient (Wildman–Crippen LogP) is 4.25. The van der Waals surface area contributed by atoms with Gasteiger partial charge < -0.3 is 10.1 Å². The Morgan fingerprint density at radius 3 is 2.23 bits per heavy atom. The highest BCUT2D eigenvalue weighted by molar-refractivity contribution is 7.92. The molecule has 0 aliphatic carbocycles. The fourth-order valence-electron chi connectivity index (χ4n) is 2.92. The molecule has 3 aromatic rings. The van der Waals surface area contributed by atoms with Crippen LogP contribution in [0.4, 0.5) is 5.69 Å². The number of carbonyl (C=O) groups is 1. The second kappa shape index (κ2) is 10.3. The van der Waals surface area contributed by atoms with E-state index >= 15 is 0 Å². The maximum atomic E-state index is 13.0. The molecule has 8 heteroatoms. The number of hydrogen-bond donors (Lipinski definition) is 1. The van der Waals surface area contributed by atoms with Gasteiger partial charge in [0.05, 0.1) is 10.6 Å². The fourth-order valence-corrected chi connectivity index (χ4v) is 4.52. The van der Waals surface area contributed by atoms with Crippen LogP contribution >= 0.6 is 11.6 Å². The molecule has 0 aliphatic heterocycles. The molecule has 0 unspecified atom stereocenters. The summed E-state index contributed by atoms with van der Waals surface area (Å²) in [5.41, 5.74) is 1.52. The van der Waals surface area contributed by atoms with Crippen LogP contribution in [0, 0.1) is 0 Å². The number of halogens is 1. The van der Waals surface area contributed by atoms with Gasteiger partial charge in [0.1, 0.15) is 5.75 Å². The molecule has 0 atom stereocenters. The Kier molecular flexibility index (Phi) is 7.55. The summed E-state index contributed by atoms with van der Waals surface area (Å²) in [6.07, 6.45) is 0. The highest BCUT2D eigenvalue weighted by Crippen LogP contribution is 2.24. The van der Waals surface area contributed by atoms with Crippen molar-refractivity contribution in [3.8, 4) is 5.75 Å². The molecule has 0 radical (unpaired) electrons. The first kappa shape index (κ1) is 22.7. The van der Waals surface area contributed by atoms with E-state index in [1.54, 1.807) is 43.3 Å². The summed E-state index contributed by atoms with van der Waals surface area (Å²) in [5, 5.41) is 3.39. The summed E-state index contributed by atoms with van der Waals surface area (Å²) in [7, 11) is -3.71. The van der Waals surface area contributed by atoms with Crippen molar-refractivity contribution in [2.24, 2.45) is 0 Å². The lowest BCUT2D eigenvalue weighted by Crippen LogP contribution is -2.30. The number of amides is 1. The molecule has 0 aliphatic rings. The summed E-state index contributed by atoms with van der Waals surface area (Å²) >= 11 is 5.84. The van der Waals surface area contributed by atoms with Gasteiger partial charge in [-0.05, 0) is 61.0 Å². The minimum Gasteiger partial charge on any atom is -0.484 e. The highest BCUT2D eigenvalue weighted by atomic mass is 35.5. The van der Waals surface area contributed by atoms with Crippen molar-refractivity contribution >= 4 is 33.2 Å². The molecule has 0 heterocycles. The largest absolute Gasteiger partial charge is 0.484 e. The van der Waals surface area contributed by atoms with E-state index in [0.717, 1.165) is 5.56 Å². The normalized spacial score (nSPS) is 11.0. The Hall–Kier alpha value is -3.03. The maximum absolute atomic E-state index is 13.0. The van der Waals surface area contributed by atoms with Gasteiger partial charge in [0.25, 0.3) is 15.9 Å². The van der Waals surface area contributed by atoms with E-state index in [-0.39, 0.29) is 17.4 Å². The van der Waals surface area contributed by atoms with E-state index in [0.29, 0.717) is 29.5 Å². The van der Waals surface area contributed by atoms with Crippen LogP contribution in [0.15, 0.2) is 83.8 Å². The quantitative estimate of drug-likeness (QED) is 0.520. The Labute approximate surface area is 187 Å². The molecule has 0 spiro atoms. The Bertz CT molecular complexity index is 1100. The lowest BCUT2D eigenvalue weighted by Gasteiger charge is -2.23. The molecule has 162 valence electrons. The zero-order valence-electron chi connectivity index (χ0n) is 17.0. The molecule has 31 heavy (non-hydrogen) atoms. The third-order valence-electron chi connectivity index (χ3n) is 4.52. The summed E-state index contributed by atoms with van der Waals surface area (Å²) in [4.78, 5) is 12.2. The van der Waals surface area contributed by atoms with Crippen LogP contribution in [0.2, 0.25) is 5.02 Å². The van der Waals surface area contributed by atoms with E-state index in [1.165, 1.54) is 28.6 Å². The van der Waals surface area contributed by atoms with Crippen molar-refractivity contribution < 1.29 is 17.9 Å². The number of nitrogens with zero attached hydrogens (tertiary/aromatic N) is 1. The van der Waals surface area contributed by atoms with E-state index in [9.17, 15) is 13.2 Å². The van der Waals surface area contributed by atoms with Crippen molar-refractivity contribution in [2.45, 2.75) is 18.4 Å². The summed E-state index contributed by atoms with van der Waals surface area (Å²) in [6.45, 7) is 2.27. The van der Waals surface area contributed by atoms with Crippen LogP contribution in [-0.4, -0.2) is 27.5 Å². The molecule has 0 bridgehead atoms. The molecule has 3 rings (SSSR count). The first-order valence-electron chi connectivity index (χ1n) is 9.72. The second-order valence-electron chi connectivity index (χ2n) is 6.67. The van der Waals surface area contributed by atoms with Gasteiger partial charge in [0, 0.05) is 18.1 Å². The molecule has 3 aromatic carbocycles. The third-order valence-corrected chi connectivity index (χ3v) is 6.69. The zero-order valence-corrected chi connectivity index (χ0v) is 18.6. The number of para-hydroxylation sites is 1. The number of sulfonamides is 1. The highest BCUT2D eigenvalue weighted by Gasteiger charge is 2.23. The van der Waals surface area contributed by atoms with Gasteiger partial charge in [0.2, 0.25) is 0 Å². The molecule has 0 aromatic heterocycles. The summed E-state index contributed by atoms with van der Waals surface area (Å²) in [5.74, 6) is 0.122. The van der Waals surface area contributed by atoms with E-state index in [1.807, 2.05) is 18.2 Å². The monoisotopic (exact) mass is 458 g/mol. The van der Waals surface area contributed by atoms with Gasteiger partial charge >= 0.3 is 0 Å². The van der Waals surface area contributed by atoms with Gasteiger partial charge in [-0.1, -0.05) is 41.9 Å². The number of hydrogen-bond acceptors (Lipinski definition) is 4. The molecule has 0 saturated carbocycles. The number of carbonyl (C=O) groups excluding carboxylic acids is 1. The van der Waals surface area contributed by atoms with Crippen LogP contribution in [0.1, 0.15) is 12.5 Å². The second-order valence-corrected chi connectivity index (χ2v) is 8.97. The predicted molar refractivity (Wildman–Crippen MR) is 122 cm³/mol. The zero-order chi connectivity index (χ0) is 22.3. The molecule has 0 fully saturated rings. The summed E-state index contributed by atoms with van der Waals surface area (Å²) in [6, 6.07) is 22.1. The van der Waals surface area contributed by atoms with Crippen LogP contribution in [0.5, 0.6) is 5.75 Å². The van der Waals surface area contributed by atoms with Crippen molar-refractivity contribution in [1.29, 1.82) is 0 Å². The smallest absolute Gasteiger partial charge is 0.264 e. The van der Waals surface area contributed by atoms with Crippen LogP contribution in [0.3, 0.4) is 0 Å². The van der Waals surface area contributed by atoms with E-state index in [2.05, 4.69) is 5.32 Å². The number of ether oxygens (including phenoxy) is 1. The van der Waals surface area contributed by atoms with Gasteiger partial charge in [-0.2, -0.15) is 0 Å². The van der Waals surface area contributed by atoms with Crippen molar-refractivity contribution in [3.63, 3.8) is 0 Å². The minimum atomic E-state index is -3.71. The summed E-state index contributed by atoms with van der Waals surface area (Å²) < 4.78 is 32.8. The van der Waals surface area contributed by atoms with Crippen LogP contribution < -0.4 is 14.4 Å². The first-order chi connectivity index (χ1) is 14.9. The van der Waals surface area contributed by atoms with Crippen molar-refractivity contribution in [3.05, 3.63) is 89.4 Å². The molecule has 1 N–H and O–H groups in total. The Morgan fingerprint density at radius 1 is 0.968 bits per heavy atom. The average molecular weight is 459 g/mol. The van der Waals surface area contributed by atoms with E-state index in [4.69, 9.17) is 16.3 Å².